The molecule has 1 aliphatic rings. The Morgan fingerprint density at radius 1 is 0.860 bits per heavy atom. The smallest absolute Gasteiger partial charge is 0.420 e. The largest absolute Gasteiger partial charge is 0.497 e. The van der Waals surface area contributed by atoms with Gasteiger partial charge >= 0.3 is 12.2 Å². The molecule has 50 heavy (non-hydrogen) atoms. The highest BCUT2D eigenvalue weighted by Gasteiger charge is 2.51. The molecule has 0 aliphatic heterocycles. The van der Waals surface area contributed by atoms with Gasteiger partial charge in [0.1, 0.15) is 34.9 Å². The van der Waals surface area contributed by atoms with Crippen molar-refractivity contribution >= 4 is 40.8 Å². The summed E-state index contributed by atoms with van der Waals surface area (Å²) >= 11 is 6.49. The number of carbonyl (C=O) groups excluding carboxylic acids is 2. The van der Waals surface area contributed by atoms with Gasteiger partial charge in [0.05, 0.1) is 38.7 Å². The highest BCUT2D eigenvalue weighted by atomic mass is 35.5. The van der Waals surface area contributed by atoms with Crippen molar-refractivity contribution in [1.82, 2.24) is 24.4 Å². The lowest BCUT2D eigenvalue weighted by molar-refractivity contribution is -0.0349. The van der Waals surface area contributed by atoms with Crippen LogP contribution in [0.5, 0.6) is 11.5 Å². The van der Waals surface area contributed by atoms with Crippen LogP contribution < -0.4 is 14.8 Å². The molecule has 2 amide bonds. The van der Waals surface area contributed by atoms with Gasteiger partial charge in [-0.15, -0.1) is 0 Å². The molecule has 4 aromatic rings. The lowest BCUT2D eigenvalue weighted by Crippen LogP contribution is -2.52. The predicted molar refractivity (Wildman–Crippen MR) is 186 cm³/mol. The van der Waals surface area contributed by atoms with Crippen molar-refractivity contribution in [3.63, 3.8) is 0 Å². The minimum absolute atomic E-state index is 0.0724. The number of methoxy groups -OCH3 is 2. The topological polar surface area (TPSA) is 170 Å². The monoisotopic (exact) mass is 710 g/mol. The Bertz CT molecular complexity index is 1740. The molecule has 0 saturated heterocycles. The number of ether oxygens (including phenoxy) is 4. The molecule has 0 spiro atoms. The van der Waals surface area contributed by atoms with E-state index in [2.05, 4.69) is 20.3 Å². The van der Waals surface area contributed by atoms with E-state index in [9.17, 15) is 19.8 Å². The van der Waals surface area contributed by atoms with Gasteiger partial charge in [0, 0.05) is 0 Å². The Labute approximate surface area is 295 Å². The van der Waals surface area contributed by atoms with E-state index >= 15 is 0 Å². The molecule has 268 valence electrons. The Hall–Kier alpha value is -4.66. The quantitative estimate of drug-likeness (QED) is 0.185. The number of carbonyl (C=O) groups is 2. The van der Waals surface area contributed by atoms with Crippen molar-refractivity contribution in [1.29, 1.82) is 0 Å². The Kier molecular flexibility index (Phi) is 10.5. The number of aliphatic hydroxyl groups excluding tert-OH is 2. The number of benzene rings is 2. The SMILES string of the molecule is COc1ccc(C(Nc2nc(Cl)nc3c2ncn3[C@@H]2C[C@H](N(C(=O)OC(C)(C)C)C(=O)OC(C)(C)C)[C@@H](O)[C@H]2O)c2ccc(OC)cc2)cc1. The Balaban J connectivity index is 1.52. The number of anilines is 1. The van der Waals surface area contributed by atoms with Gasteiger partial charge in [0.2, 0.25) is 5.28 Å². The highest BCUT2D eigenvalue weighted by Crippen LogP contribution is 2.38. The van der Waals surface area contributed by atoms with Crippen LogP contribution in [0, 0.1) is 0 Å². The number of amides is 2. The van der Waals surface area contributed by atoms with Crippen molar-refractivity contribution in [3.05, 3.63) is 71.3 Å². The normalized spacial score (nSPS) is 19.4. The molecular weight excluding hydrogens is 668 g/mol. The highest BCUT2D eigenvalue weighted by molar-refractivity contribution is 6.28. The molecule has 14 nitrogen and oxygen atoms in total. The molecule has 5 rings (SSSR count). The number of fused-ring (bicyclic) bond motifs is 1. The minimum atomic E-state index is -1.55. The third-order valence-electron chi connectivity index (χ3n) is 8.06. The van der Waals surface area contributed by atoms with Gasteiger partial charge < -0.3 is 39.0 Å². The second kappa shape index (κ2) is 14.3. The summed E-state index contributed by atoms with van der Waals surface area (Å²) in [6.45, 7) is 9.93. The predicted octanol–water partition coefficient (Wildman–Crippen LogP) is 5.91. The van der Waals surface area contributed by atoms with Gasteiger partial charge in [0.15, 0.2) is 17.0 Å². The number of rotatable bonds is 8. The molecule has 0 unspecified atom stereocenters. The maximum absolute atomic E-state index is 13.4. The summed E-state index contributed by atoms with van der Waals surface area (Å²) in [5.41, 5.74) is 0.467. The molecule has 15 heteroatoms. The van der Waals surface area contributed by atoms with E-state index < -0.39 is 53.7 Å². The van der Waals surface area contributed by atoms with Crippen molar-refractivity contribution < 1.29 is 38.7 Å². The van der Waals surface area contributed by atoms with E-state index in [0.717, 1.165) is 16.0 Å². The van der Waals surface area contributed by atoms with Crippen LogP contribution in [0.1, 0.15) is 71.2 Å². The summed E-state index contributed by atoms with van der Waals surface area (Å²) in [4.78, 5) is 40.9. The number of aliphatic hydroxyl groups is 2. The molecule has 2 heterocycles. The van der Waals surface area contributed by atoms with Crippen LogP contribution >= 0.6 is 11.6 Å². The summed E-state index contributed by atoms with van der Waals surface area (Å²) < 4.78 is 23.3. The number of imide groups is 1. The van der Waals surface area contributed by atoms with Crippen LogP contribution in [0.2, 0.25) is 5.28 Å². The second-order valence-electron chi connectivity index (χ2n) is 14.0. The number of imidazole rings is 1. The molecule has 4 atom stereocenters. The molecule has 0 bridgehead atoms. The zero-order chi connectivity index (χ0) is 36.5. The van der Waals surface area contributed by atoms with E-state index in [1.807, 2.05) is 48.5 Å². The maximum Gasteiger partial charge on any atom is 0.420 e. The van der Waals surface area contributed by atoms with Crippen molar-refractivity contribution in [3.8, 4) is 11.5 Å². The van der Waals surface area contributed by atoms with Crippen molar-refractivity contribution in [2.75, 3.05) is 19.5 Å². The van der Waals surface area contributed by atoms with E-state index in [0.29, 0.717) is 22.8 Å². The Morgan fingerprint density at radius 2 is 1.36 bits per heavy atom. The molecule has 2 aromatic carbocycles. The standard InChI is InChI=1S/C35H43ClN6O8/c1-34(2,3)49-32(45)42(33(46)50-35(4,5)6)24-17-23(27(43)28(24)44)41-18-37-26-29(39-31(36)40-30(26)41)38-25(19-9-13-21(47-7)14-10-19)20-11-15-22(48-8)16-12-20/h9-16,18,23-25,27-28,43-44H,17H2,1-8H3,(H,38,39,40)/t23-,24+,27+,28-/m1/s1. The third-order valence-corrected chi connectivity index (χ3v) is 8.23. The maximum atomic E-state index is 13.4. The number of halogens is 1. The summed E-state index contributed by atoms with van der Waals surface area (Å²) in [5, 5.41) is 26.0. The van der Waals surface area contributed by atoms with E-state index in [1.165, 1.54) is 6.33 Å². The molecule has 1 fully saturated rings. The van der Waals surface area contributed by atoms with E-state index in [1.54, 1.807) is 60.3 Å². The van der Waals surface area contributed by atoms with Gasteiger partial charge in [-0.1, -0.05) is 24.3 Å². The number of nitrogens with zero attached hydrogens (tertiary/aromatic N) is 5. The first kappa shape index (κ1) is 36.6. The van der Waals surface area contributed by atoms with Crippen LogP contribution in [0.4, 0.5) is 15.4 Å². The summed E-state index contributed by atoms with van der Waals surface area (Å²) in [6.07, 6.45) is -3.65. The average Bonchev–Trinajstić information content (AvgIpc) is 3.58. The summed E-state index contributed by atoms with van der Waals surface area (Å²) in [5.74, 6) is 1.70. The van der Waals surface area contributed by atoms with Crippen LogP contribution in [0.3, 0.4) is 0 Å². The summed E-state index contributed by atoms with van der Waals surface area (Å²) in [6, 6.07) is 12.6. The molecule has 0 radical (unpaired) electrons. The van der Waals surface area contributed by atoms with Crippen LogP contribution in [-0.4, -0.2) is 90.5 Å². The third kappa shape index (κ3) is 8.03. The first-order chi connectivity index (χ1) is 23.5. The lowest BCUT2D eigenvalue weighted by atomic mass is 9.98. The molecule has 3 N–H and O–H groups in total. The summed E-state index contributed by atoms with van der Waals surface area (Å²) in [7, 11) is 3.19. The molecular formula is C35H43ClN6O8. The number of aromatic nitrogens is 4. The number of hydrogen-bond donors (Lipinski definition) is 3. The van der Waals surface area contributed by atoms with Gasteiger partial charge in [-0.25, -0.2) is 19.5 Å². The average molecular weight is 711 g/mol. The fourth-order valence-corrected chi connectivity index (χ4v) is 5.97. The number of nitrogens with one attached hydrogen (secondary N) is 1. The fourth-order valence-electron chi connectivity index (χ4n) is 5.81. The molecule has 1 saturated carbocycles. The Morgan fingerprint density at radius 3 is 1.82 bits per heavy atom. The number of hydrogen-bond acceptors (Lipinski definition) is 12. The zero-order valence-corrected chi connectivity index (χ0v) is 30.0. The van der Waals surface area contributed by atoms with Gasteiger partial charge in [-0.3, -0.25) is 0 Å². The van der Waals surface area contributed by atoms with Crippen LogP contribution in [0.15, 0.2) is 54.9 Å². The lowest BCUT2D eigenvalue weighted by Gasteiger charge is -2.33. The fraction of sp³-hybridized carbons (Fsp3) is 0.457. The zero-order valence-electron chi connectivity index (χ0n) is 29.2. The molecule has 1 aliphatic carbocycles. The van der Waals surface area contributed by atoms with Gasteiger partial charge in [-0.2, -0.15) is 9.97 Å². The van der Waals surface area contributed by atoms with Gasteiger partial charge in [0.25, 0.3) is 0 Å². The first-order valence-electron chi connectivity index (χ1n) is 16.1. The van der Waals surface area contributed by atoms with Crippen molar-refractivity contribution in [2.24, 2.45) is 0 Å². The van der Waals surface area contributed by atoms with E-state index in [4.69, 9.17) is 30.5 Å². The second-order valence-corrected chi connectivity index (χ2v) is 14.3. The van der Waals surface area contributed by atoms with Crippen LogP contribution in [-0.2, 0) is 9.47 Å². The van der Waals surface area contributed by atoms with Crippen molar-refractivity contribution in [2.45, 2.75) is 89.5 Å². The molecule has 2 aromatic heterocycles. The minimum Gasteiger partial charge on any atom is -0.497 e. The van der Waals surface area contributed by atoms with E-state index in [-0.39, 0.29) is 17.4 Å². The van der Waals surface area contributed by atoms with Gasteiger partial charge in [-0.05, 0) is 95.0 Å². The first-order valence-corrected chi connectivity index (χ1v) is 16.4. The van der Waals surface area contributed by atoms with Crippen LogP contribution in [0.25, 0.3) is 11.2 Å².